The zero-order chi connectivity index (χ0) is 19.6. The van der Waals surface area contributed by atoms with Gasteiger partial charge in [-0.25, -0.2) is 18.4 Å². The Morgan fingerprint density at radius 3 is 2.33 bits per heavy atom. The summed E-state index contributed by atoms with van der Waals surface area (Å²) >= 11 is 0. The highest BCUT2D eigenvalue weighted by atomic mass is 32.2. The maximum absolute atomic E-state index is 12.6. The molecule has 3 aromatic rings. The predicted molar refractivity (Wildman–Crippen MR) is 101 cm³/mol. The lowest BCUT2D eigenvalue weighted by molar-refractivity contribution is 0.246. The Morgan fingerprint density at radius 2 is 1.74 bits per heavy atom. The highest BCUT2D eigenvalue weighted by Crippen LogP contribution is 2.18. The third-order valence-corrected chi connectivity index (χ3v) is 4.61. The summed E-state index contributed by atoms with van der Waals surface area (Å²) in [6.07, 6.45) is 0. The molecule has 27 heavy (non-hydrogen) atoms. The molecule has 0 aliphatic carbocycles. The molecule has 0 unspecified atom stereocenters. The summed E-state index contributed by atoms with van der Waals surface area (Å²) in [6.45, 7) is 0. The Bertz CT molecular complexity index is 1060. The Labute approximate surface area is 155 Å². The van der Waals surface area contributed by atoms with Gasteiger partial charge in [0.25, 0.3) is 0 Å². The van der Waals surface area contributed by atoms with Crippen LogP contribution in [-0.2, 0) is 10.0 Å². The van der Waals surface area contributed by atoms with Gasteiger partial charge in [0.05, 0.1) is 4.90 Å². The van der Waals surface area contributed by atoms with Crippen molar-refractivity contribution in [3.8, 4) is 0 Å². The first-order valence-corrected chi connectivity index (χ1v) is 9.26. The Balaban J connectivity index is 1.79. The third kappa shape index (κ3) is 4.04. The molecule has 2 aromatic carbocycles. The molecule has 10 nitrogen and oxygen atoms in total. The van der Waals surface area contributed by atoms with Gasteiger partial charge in [0.15, 0.2) is 0 Å². The quantitative estimate of drug-likeness (QED) is 0.611. The van der Waals surface area contributed by atoms with Crippen molar-refractivity contribution in [2.75, 3.05) is 23.0 Å². The van der Waals surface area contributed by atoms with Crippen molar-refractivity contribution in [3.63, 3.8) is 0 Å². The highest BCUT2D eigenvalue weighted by molar-refractivity contribution is 7.89. The summed E-state index contributed by atoms with van der Waals surface area (Å²) in [4.78, 5) is 17.9. The van der Waals surface area contributed by atoms with Crippen LogP contribution in [0.4, 0.5) is 28.1 Å². The van der Waals surface area contributed by atoms with E-state index >= 15 is 0 Å². The van der Waals surface area contributed by atoms with Crippen LogP contribution in [0.5, 0.6) is 0 Å². The number of rotatable bonds is 4. The van der Waals surface area contributed by atoms with E-state index < -0.39 is 16.1 Å². The molecule has 0 saturated heterocycles. The number of carbonyl (C=O) groups excluding carboxylic acids is 1. The number of nitrogens with one attached hydrogen (secondary N) is 1. The van der Waals surface area contributed by atoms with Gasteiger partial charge in [-0.15, -0.1) is 9.78 Å². The smallest absolute Gasteiger partial charge is 0.352 e. The summed E-state index contributed by atoms with van der Waals surface area (Å²) in [5.41, 5.74) is 6.97. The Kier molecular flexibility index (Phi) is 4.79. The zero-order valence-electron chi connectivity index (χ0n) is 14.3. The number of hydrogen-bond donors (Lipinski definition) is 3. The summed E-state index contributed by atoms with van der Waals surface area (Å²) < 4.78 is 23.5. The molecule has 0 spiro atoms. The van der Waals surface area contributed by atoms with Crippen molar-refractivity contribution in [2.24, 2.45) is 5.14 Å². The lowest BCUT2D eigenvalue weighted by Crippen LogP contribution is -2.32. The minimum Gasteiger partial charge on any atom is -0.368 e. The van der Waals surface area contributed by atoms with Crippen molar-refractivity contribution >= 4 is 39.3 Å². The number of carbonyl (C=O) groups is 1. The normalized spacial score (nSPS) is 11.2. The average Bonchev–Trinajstić information content (AvgIpc) is 3.01. The van der Waals surface area contributed by atoms with Crippen LogP contribution in [0.1, 0.15) is 0 Å². The number of sulfonamides is 1. The van der Waals surface area contributed by atoms with Gasteiger partial charge in [-0.1, -0.05) is 18.2 Å². The molecule has 0 aliphatic rings. The first-order chi connectivity index (χ1) is 12.8. The second-order valence-electron chi connectivity index (χ2n) is 5.58. The molecule has 0 atom stereocenters. The summed E-state index contributed by atoms with van der Waals surface area (Å²) in [7, 11) is -2.18. The summed E-state index contributed by atoms with van der Waals surface area (Å²) in [5, 5.41) is 12.0. The van der Waals surface area contributed by atoms with E-state index in [2.05, 4.69) is 15.4 Å². The van der Waals surface area contributed by atoms with Gasteiger partial charge in [0, 0.05) is 18.4 Å². The van der Waals surface area contributed by atoms with Crippen molar-refractivity contribution in [3.05, 3.63) is 54.6 Å². The van der Waals surface area contributed by atoms with Gasteiger partial charge in [0.2, 0.25) is 21.9 Å². The van der Waals surface area contributed by atoms with Crippen LogP contribution in [0.25, 0.3) is 0 Å². The number of hydrogen-bond acceptors (Lipinski definition) is 7. The molecule has 5 N–H and O–H groups in total. The molecule has 11 heteroatoms. The molecule has 0 bridgehead atoms. The lowest BCUT2D eigenvalue weighted by atomic mass is 10.3. The predicted octanol–water partition coefficient (Wildman–Crippen LogP) is 1.36. The number of primary sulfonamides is 1. The number of anilines is 4. The number of amides is 1. The van der Waals surface area contributed by atoms with Crippen molar-refractivity contribution < 1.29 is 13.2 Å². The van der Waals surface area contributed by atoms with Crippen molar-refractivity contribution in [1.29, 1.82) is 0 Å². The van der Waals surface area contributed by atoms with E-state index in [4.69, 9.17) is 10.9 Å². The van der Waals surface area contributed by atoms with Crippen LogP contribution in [0.2, 0.25) is 0 Å². The first kappa shape index (κ1) is 18.4. The van der Waals surface area contributed by atoms with Gasteiger partial charge in [0.1, 0.15) is 0 Å². The molecular weight excluding hydrogens is 370 g/mol. The van der Waals surface area contributed by atoms with Crippen LogP contribution < -0.4 is 21.1 Å². The van der Waals surface area contributed by atoms with Gasteiger partial charge >= 0.3 is 6.03 Å². The van der Waals surface area contributed by atoms with Gasteiger partial charge in [-0.2, -0.15) is 4.98 Å². The summed E-state index contributed by atoms with van der Waals surface area (Å²) in [5.74, 6) is -0.00268. The fourth-order valence-corrected chi connectivity index (χ4v) is 2.79. The molecule has 3 rings (SSSR count). The van der Waals surface area contributed by atoms with Gasteiger partial charge in [-0.3, -0.25) is 4.90 Å². The number of nitrogens with two attached hydrogens (primary N) is 2. The van der Waals surface area contributed by atoms with Gasteiger partial charge < -0.3 is 11.1 Å². The molecule has 140 valence electrons. The van der Waals surface area contributed by atoms with Crippen molar-refractivity contribution in [1.82, 2.24) is 14.8 Å². The zero-order valence-corrected chi connectivity index (χ0v) is 15.1. The molecule has 1 amide bonds. The fraction of sp³-hybridized carbons (Fsp3) is 0.0625. The monoisotopic (exact) mass is 387 g/mol. The average molecular weight is 387 g/mol. The third-order valence-electron chi connectivity index (χ3n) is 3.68. The number of aromatic nitrogens is 3. The maximum atomic E-state index is 12.6. The number of benzene rings is 2. The van der Waals surface area contributed by atoms with E-state index in [-0.39, 0.29) is 16.8 Å². The molecule has 0 radical (unpaired) electrons. The van der Waals surface area contributed by atoms with Gasteiger partial charge in [-0.05, 0) is 36.4 Å². The van der Waals surface area contributed by atoms with E-state index in [1.165, 1.54) is 29.2 Å². The Hall–Kier alpha value is -3.44. The van der Waals surface area contributed by atoms with Crippen LogP contribution in [0.3, 0.4) is 0 Å². The van der Waals surface area contributed by atoms with Crippen LogP contribution >= 0.6 is 0 Å². The van der Waals surface area contributed by atoms with Crippen LogP contribution in [0.15, 0.2) is 59.5 Å². The largest absolute Gasteiger partial charge is 0.368 e. The standard InChI is InChI=1S/C16H17N7O3S/c1-22(12-5-3-2-4-6-12)16(24)23-14(17)20-15(21-23)19-11-7-9-13(10-8-11)27(18,25)26/h2-10H,1H3,(H2,18,25,26)(H3,17,19,20,21). The Morgan fingerprint density at radius 1 is 1.11 bits per heavy atom. The molecule has 1 heterocycles. The van der Waals surface area contributed by atoms with E-state index in [0.29, 0.717) is 11.4 Å². The number of para-hydroxylation sites is 1. The minimum absolute atomic E-state index is 0.0225. The molecule has 0 fully saturated rings. The summed E-state index contributed by atoms with van der Waals surface area (Å²) in [6, 6.07) is 14.2. The molecule has 0 aliphatic heterocycles. The second-order valence-corrected chi connectivity index (χ2v) is 7.14. The van der Waals surface area contributed by atoms with Crippen molar-refractivity contribution in [2.45, 2.75) is 4.90 Å². The minimum atomic E-state index is -3.78. The van der Waals surface area contributed by atoms with Crippen LogP contribution in [-0.4, -0.2) is 36.3 Å². The molecule has 1 aromatic heterocycles. The SMILES string of the molecule is CN(C(=O)n1nc(Nc2ccc(S(N)(=O)=O)cc2)nc1N)c1ccccc1. The number of nitrogens with zero attached hydrogens (tertiary/aromatic N) is 4. The lowest BCUT2D eigenvalue weighted by Gasteiger charge is -2.16. The number of nitrogen functional groups attached to an aromatic ring is 1. The second kappa shape index (κ2) is 7.05. The van der Waals surface area contributed by atoms with E-state index in [0.717, 1.165) is 4.68 Å². The molecular formula is C16H17N7O3S. The van der Waals surface area contributed by atoms with E-state index in [1.807, 2.05) is 18.2 Å². The topological polar surface area (TPSA) is 149 Å². The first-order valence-electron chi connectivity index (χ1n) is 7.71. The fourth-order valence-electron chi connectivity index (χ4n) is 2.28. The van der Waals surface area contributed by atoms with E-state index in [1.54, 1.807) is 19.2 Å². The van der Waals surface area contributed by atoms with E-state index in [9.17, 15) is 13.2 Å². The highest BCUT2D eigenvalue weighted by Gasteiger charge is 2.19. The maximum Gasteiger partial charge on any atom is 0.352 e. The van der Waals surface area contributed by atoms with Crippen LogP contribution in [0, 0.1) is 0 Å². The molecule has 0 saturated carbocycles.